The van der Waals surface area contributed by atoms with Gasteiger partial charge in [-0.3, -0.25) is 4.79 Å². The Hall–Kier alpha value is -2.87. The first kappa shape index (κ1) is 20.9. The van der Waals surface area contributed by atoms with Gasteiger partial charge < -0.3 is 5.11 Å². The molecule has 0 bridgehead atoms. The van der Waals surface area contributed by atoms with Crippen LogP contribution in [0.1, 0.15) is 68.6 Å². The first-order valence-corrected chi connectivity index (χ1v) is 10.1. The normalized spacial score (nSPS) is 12.1. The third-order valence-electron chi connectivity index (χ3n) is 5.24. The minimum Gasteiger partial charge on any atom is -0.507 e. The Morgan fingerprint density at radius 2 is 1.10 bits per heavy atom. The van der Waals surface area contributed by atoms with E-state index < -0.39 is 0 Å². The summed E-state index contributed by atoms with van der Waals surface area (Å²) >= 11 is 0. The maximum absolute atomic E-state index is 13.3. The largest absolute Gasteiger partial charge is 0.507 e. The van der Waals surface area contributed by atoms with E-state index in [0.717, 1.165) is 22.3 Å². The lowest BCUT2D eigenvalue weighted by molar-refractivity contribution is 0.103. The summed E-state index contributed by atoms with van der Waals surface area (Å²) < 4.78 is 0. The van der Waals surface area contributed by atoms with E-state index in [-0.39, 0.29) is 16.6 Å². The van der Waals surface area contributed by atoms with Crippen LogP contribution in [0, 0.1) is 0 Å². The van der Waals surface area contributed by atoms with Crippen molar-refractivity contribution in [2.24, 2.45) is 0 Å². The maximum atomic E-state index is 13.3. The number of hydrogen-bond acceptors (Lipinski definition) is 2. The third-order valence-corrected chi connectivity index (χ3v) is 5.24. The molecule has 3 aromatic rings. The van der Waals surface area contributed by atoms with Gasteiger partial charge in [0.25, 0.3) is 0 Å². The Morgan fingerprint density at radius 1 is 0.655 bits per heavy atom. The second kappa shape index (κ2) is 7.51. The van der Waals surface area contributed by atoms with Crippen LogP contribution in [0.2, 0.25) is 0 Å². The Morgan fingerprint density at radius 3 is 1.55 bits per heavy atom. The fourth-order valence-electron chi connectivity index (χ4n) is 3.52. The van der Waals surface area contributed by atoms with Crippen LogP contribution in [0.3, 0.4) is 0 Å². The lowest BCUT2D eigenvalue weighted by Gasteiger charge is -2.28. The molecule has 0 aliphatic rings. The number of aromatic hydroxyl groups is 1. The molecule has 0 aliphatic heterocycles. The molecular formula is C27H30O2. The van der Waals surface area contributed by atoms with E-state index >= 15 is 0 Å². The molecule has 0 aliphatic carbocycles. The fourth-order valence-corrected chi connectivity index (χ4v) is 3.52. The first-order valence-electron chi connectivity index (χ1n) is 10.1. The lowest BCUT2D eigenvalue weighted by Crippen LogP contribution is -2.19. The summed E-state index contributed by atoms with van der Waals surface area (Å²) in [5.41, 5.74) is 4.54. The van der Waals surface area contributed by atoms with Gasteiger partial charge in [-0.05, 0) is 34.1 Å². The SMILES string of the molecule is CC(C)(C)c1cc(C(=O)c2ccc(-c3ccccc3)cc2)cc(C(C)(C)C)c1O. The molecule has 0 unspecified atom stereocenters. The minimum atomic E-state index is -0.266. The van der Waals surface area contributed by atoms with Crippen molar-refractivity contribution < 1.29 is 9.90 Å². The molecule has 0 fully saturated rings. The zero-order chi connectivity index (χ0) is 21.4. The zero-order valence-corrected chi connectivity index (χ0v) is 18.2. The van der Waals surface area contributed by atoms with Gasteiger partial charge in [-0.15, -0.1) is 0 Å². The molecule has 0 atom stereocenters. The number of hydrogen-bond donors (Lipinski definition) is 1. The van der Waals surface area contributed by atoms with Gasteiger partial charge in [0.15, 0.2) is 5.78 Å². The fraction of sp³-hybridized carbons (Fsp3) is 0.296. The van der Waals surface area contributed by atoms with Crippen molar-refractivity contribution in [2.75, 3.05) is 0 Å². The Balaban J connectivity index is 2.05. The van der Waals surface area contributed by atoms with Crippen molar-refractivity contribution in [3.8, 4) is 16.9 Å². The highest BCUT2D eigenvalue weighted by Crippen LogP contribution is 2.40. The number of rotatable bonds is 3. The van der Waals surface area contributed by atoms with Crippen LogP contribution in [-0.4, -0.2) is 10.9 Å². The number of ketones is 1. The second-order valence-corrected chi connectivity index (χ2v) is 9.69. The molecular weight excluding hydrogens is 356 g/mol. The lowest BCUT2D eigenvalue weighted by atomic mass is 9.77. The Labute approximate surface area is 174 Å². The van der Waals surface area contributed by atoms with E-state index in [0.29, 0.717) is 16.9 Å². The maximum Gasteiger partial charge on any atom is 0.193 e. The van der Waals surface area contributed by atoms with Crippen LogP contribution in [0.5, 0.6) is 5.75 Å². The summed E-state index contributed by atoms with van der Waals surface area (Å²) in [5, 5.41) is 10.9. The summed E-state index contributed by atoms with van der Waals surface area (Å²) in [4.78, 5) is 13.3. The van der Waals surface area contributed by atoms with Gasteiger partial charge in [-0.25, -0.2) is 0 Å². The number of carbonyl (C=O) groups is 1. The molecule has 29 heavy (non-hydrogen) atoms. The van der Waals surface area contributed by atoms with Crippen molar-refractivity contribution >= 4 is 5.78 Å². The van der Waals surface area contributed by atoms with E-state index in [1.165, 1.54) is 0 Å². The van der Waals surface area contributed by atoms with Crippen molar-refractivity contribution in [3.63, 3.8) is 0 Å². The third kappa shape index (κ3) is 4.42. The summed E-state index contributed by atoms with van der Waals surface area (Å²) in [6.07, 6.45) is 0. The predicted molar refractivity (Wildman–Crippen MR) is 121 cm³/mol. The molecule has 0 radical (unpaired) electrons. The molecule has 3 rings (SSSR count). The monoisotopic (exact) mass is 386 g/mol. The average molecular weight is 387 g/mol. The quantitative estimate of drug-likeness (QED) is 0.498. The van der Waals surface area contributed by atoms with Crippen LogP contribution >= 0.6 is 0 Å². The van der Waals surface area contributed by atoms with Crippen molar-refractivity contribution in [1.82, 2.24) is 0 Å². The number of phenols is 1. The van der Waals surface area contributed by atoms with Crippen LogP contribution in [-0.2, 0) is 10.8 Å². The van der Waals surface area contributed by atoms with Crippen molar-refractivity contribution in [3.05, 3.63) is 89.0 Å². The van der Waals surface area contributed by atoms with Gasteiger partial charge in [-0.2, -0.15) is 0 Å². The van der Waals surface area contributed by atoms with E-state index in [9.17, 15) is 9.90 Å². The smallest absolute Gasteiger partial charge is 0.193 e. The highest BCUT2D eigenvalue weighted by atomic mass is 16.3. The number of phenolic OH excluding ortho intramolecular Hbond substituents is 1. The Kier molecular flexibility index (Phi) is 5.40. The van der Waals surface area contributed by atoms with E-state index in [4.69, 9.17) is 0 Å². The summed E-state index contributed by atoms with van der Waals surface area (Å²) in [6.45, 7) is 12.3. The van der Waals surface area contributed by atoms with Gasteiger partial charge in [0.2, 0.25) is 0 Å². The minimum absolute atomic E-state index is 0.0272. The molecule has 2 nitrogen and oxygen atoms in total. The molecule has 0 spiro atoms. The first-order chi connectivity index (χ1) is 13.5. The summed E-state index contributed by atoms with van der Waals surface area (Å²) in [7, 11) is 0. The van der Waals surface area contributed by atoms with Gasteiger partial charge in [0, 0.05) is 22.3 Å². The zero-order valence-electron chi connectivity index (χ0n) is 18.2. The number of carbonyl (C=O) groups excluding carboxylic acids is 1. The molecule has 0 aromatic heterocycles. The van der Waals surface area contributed by atoms with Crippen LogP contribution < -0.4 is 0 Å². The standard InChI is InChI=1S/C27H30O2/c1-26(2,3)22-16-21(17-23(25(22)29)27(4,5)6)24(28)20-14-12-19(13-15-20)18-10-8-7-9-11-18/h7-17,29H,1-6H3. The van der Waals surface area contributed by atoms with Crippen LogP contribution in [0.15, 0.2) is 66.7 Å². The molecule has 3 aromatic carbocycles. The molecule has 2 heteroatoms. The highest BCUT2D eigenvalue weighted by molar-refractivity contribution is 6.09. The Bertz CT molecular complexity index is 980. The van der Waals surface area contributed by atoms with E-state index in [1.54, 1.807) is 0 Å². The van der Waals surface area contributed by atoms with Gasteiger partial charge in [0.05, 0.1) is 0 Å². The van der Waals surface area contributed by atoms with Gasteiger partial charge in [-0.1, -0.05) is 96.1 Å². The van der Waals surface area contributed by atoms with Gasteiger partial charge in [0.1, 0.15) is 5.75 Å². The van der Waals surface area contributed by atoms with E-state index in [1.807, 2.05) is 54.6 Å². The molecule has 1 N–H and O–H groups in total. The summed E-state index contributed by atoms with van der Waals surface area (Å²) in [6, 6.07) is 21.5. The topological polar surface area (TPSA) is 37.3 Å². The van der Waals surface area contributed by atoms with Gasteiger partial charge >= 0.3 is 0 Å². The van der Waals surface area contributed by atoms with Crippen molar-refractivity contribution in [1.29, 1.82) is 0 Å². The van der Waals surface area contributed by atoms with Crippen LogP contribution in [0.25, 0.3) is 11.1 Å². The molecule has 0 heterocycles. The number of benzene rings is 3. The summed E-state index contributed by atoms with van der Waals surface area (Å²) in [5.74, 6) is 0.265. The molecule has 0 amide bonds. The second-order valence-electron chi connectivity index (χ2n) is 9.69. The molecule has 150 valence electrons. The van der Waals surface area contributed by atoms with E-state index in [2.05, 4.69) is 53.7 Å². The predicted octanol–water partition coefficient (Wildman–Crippen LogP) is 6.89. The van der Waals surface area contributed by atoms with Crippen molar-refractivity contribution in [2.45, 2.75) is 52.4 Å². The highest BCUT2D eigenvalue weighted by Gasteiger charge is 2.28. The molecule has 0 saturated heterocycles. The average Bonchev–Trinajstić information content (AvgIpc) is 2.66. The molecule has 0 saturated carbocycles. The van der Waals surface area contributed by atoms with Crippen LogP contribution in [0.4, 0.5) is 0 Å².